The van der Waals surface area contributed by atoms with Gasteiger partial charge in [0.25, 0.3) is 5.91 Å². The summed E-state index contributed by atoms with van der Waals surface area (Å²) in [5.74, 6) is -0.711. The summed E-state index contributed by atoms with van der Waals surface area (Å²) in [4.78, 5) is 21.1. The first kappa shape index (κ1) is 22.0. The fourth-order valence-electron chi connectivity index (χ4n) is 3.72. The van der Waals surface area contributed by atoms with Crippen molar-refractivity contribution in [1.82, 2.24) is 9.97 Å². The number of aromatic nitrogens is 2. The monoisotopic (exact) mass is 463 g/mol. The van der Waals surface area contributed by atoms with Gasteiger partial charge < -0.3 is 16.0 Å². The Morgan fingerprint density at radius 3 is 2.26 bits per heavy atom. The fraction of sp³-hybridized carbons (Fsp3) is 0.0357. The Balaban J connectivity index is 1.29. The second kappa shape index (κ2) is 9.61. The van der Waals surface area contributed by atoms with Crippen LogP contribution in [0.2, 0.25) is 0 Å². The number of carbonyl (C=O) groups excluding carboxylic acids is 1. The third-order valence-electron chi connectivity index (χ3n) is 5.51. The molecule has 0 aliphatic rings. The number of amides is 1. The van der Waals surface area contributed by atoms with Crippen molar-refractivity contribution in [2.45, 2.75) is 6.92 Å². The first-order chi connectivity index (χ1) is 17.0. The van der Waals surface area contributed by atoms with Gasteiger partial charge >= 0.3 is 0 Å². The van der Waals surface area contributed by atoms with Crippen LogP contribution >= 0.6 is 0 Å². The molecule has 6 nitrogen and oxygen atoms in total. The molecule has 35 heavy (non-hydrogen) atoms. The third kappa shape index (κ3) is 5.09. The highest BCUT2D eigenvalue weighted by atomic mass is 19.1. The Morgan fingerprint density at radius 1 is 0.743 bits per heavy atom. The van der Waals surface area contributed by atoms with Crippen LogP contribution in [0, 0.1) is 12.7 Å². The van der Waals surface area contributed by atoms with Gasteiger partial charge in [0, 0.05) is 52.3 Å². The molecule has 0 fully saturated rings. The largest absolute Gasteiger partial charge is 0.355 e. The molecule has 0 bridgehead atoms. The highest BCUT2D eigenvalue weighted by molar-refractivity contribution is 6.04. The maximum absolute atomic E-state index is 14.3. The Hall–Kier alpha value is -4.78. The van der Waals surface area contributed by atoms with Crippen LogP contribution in [0.4, 0.5) is 32.8 Å². The van der Waals surface area contributed by atoms with E-state index in [9.17, 15) is 9.18 Å². The predicted molar refractivity (Wildman–Crippen MR) is 138 cm³/mol. The smallest absolute Gasteiger partial charge is 0.255 e. The van der Waals surface area contributed by atoms with Crippen molar-refractivity contribution in [3.63, 3.8) is 0 Å². The van der Waals surface area contributed by atoms with Crippen molar-refractivity contribution >= 4 is 45.2 Å². The number of benzene rings is 3. The van der Waals surface area contributed by atoms with Crippen LogP contribution in [0.1, 0.15) is 15.9 Å². The molecule has 2 heterocycles. The molecule has 3 N–H and O–H groups in total. The predicted octanol–water partition coefficient (Wildman–Crippen LogP) is 6.82. The minimum absolute atomic E-state index is 0.258. The van der Waals surface area contributed by atoms with E-state index in [0.717, 1.165) is 27.8 Å². The number of rotatable bonds is 6. The zero-order valence-corrected chi connectivity index (χ0v) is 18.9. The number of hydrogen-bond acceptors (Lipinski definition) is 5. The molecule has 0 aliphatic heterocycles. The number of nitrogens with one attached hydrogen (secondary N) is 3. The average molecular weight is 464 g/mol. The van der Waals surface area contributed by atoms with Crippen molar-refractivity contribution in [3.8, 4) is 0 Å². The summed E-state index contributed by atoms with van der Waals surface area (Å²) in [7, 11) is 0. The lowest BCUT2D eigenvalue weighted by Crippen LogP contribution is -2.12. The third-order valence-corrected chi connectivity index (χ3v) is 5.51. The van der Waals surface area contributed by atoms with Gasteiger partial charge in [0.1, 0.15) is 5.82 Å². The first-order valence-electron chi connectivity index (χ1n) is 11.1. The standard InChI is InChI=1S/C28H22FN5O/c1-18-2-9-25-23(16-18)26(12-15-31-25)32-20-5-3-19(4-6-20)28(35)34-22-7-8-24(29)27(17-22)33-21-10-13-30-14-11-21/h2-17H,1H3,(H,30,33)(H,31,32)(H,34,35). The van der Waals surface area contributed by atoms with Crippen LogP contribution in [0.3, 0.4) is 0 Å². The Bertz CT molecular complexity index is 1500. The van der Waals surface area contributed by atoms with Crippen LogP contribution in [0.15, 0.2) is 97.5 Å². The van der Waals surface area contributed by atoms with E-state index in [1.807, 2.05) is 37.3 Å². The number of aryl methyl sites for hydroxylation is 1. The number of carbonyl (C=O) groups is 1. The van der Waals surface area contributed by atoms with E-state index in [-0.39, 0.29) is 11.6 Å². The molecule has 0 unspecified atom stereocenters. The first-order valence-corrected chi connectivity index (χ1v) is 11.1. The molecule has 5 aromatic rings. The van der Waals surface area contributed by atoms with Crippen molar-refractivity contribution in [2.24, 2.45) is 0 Å². The Labute approximate surface area is 201 Å². The normalized spacial score (nSPS) is 10.7. The van der Waals surface area contributed by atoms with Gasteiger partial charge in [0.05, 0.1) is 11.2 Å². The van der Waals surface area contributed by atoms with E-state index < -0.39 is 5.82 Å². The Kier molecular flexibility index (Phi) is 6.05. The lowest BCUT2D eigenvalue weighted by Gasteiger charge is -2.12. The summed E-state index contributed by atoms with van der Waals surface area (Å²) in [6.45, 7) is 2.04. The number of anilines is 5. The molecule has 0 aliphatic carbocycles. The molecule has 0 saturated heterocycles. The molecule has 172 valence electrons. The second-order valence-corrected chi connectivity index (χ2v) is 8.09. The van der Waals surface area contributed by atoms with Crippen LogP contribution in [0.5, 0.6) is 0 Å². The topological polar surface area (TPSA) is 78.9 Å². The molecular weight excluding hydrogens is 441 g/mol. The van der Waals surface area contributed by atoms with E-state index in [1.54, 1.807) is 48.9 Å². The minimum Gasteiger partial charge on any atom is -0.355 e. The molecule has 0 saturated carbocycles. The van der Waals surface area contributed by atoms with Gasteiger partial charge in [-0.1, -0.05) is 11.6 Å². The number of nitrogens with zero attached hydrogens (tertiary/aromatic N) is 2. The van der Waals surface area contributed by atoms with E-state index in [1.165, 1.54) is 12.1 Å². The highest BCUT2D eigenvalue weighted by Gasteiger charge is 2.10. The maximum atomic E-state index is 14.3. The highest BCUT2D eigenvalue weighted by Crippen LogP contribution is 2.27. The molecule has 3 aromatic carbocycles. The SMILES string of the molecule is Cc1ccc2nccc(Nc3ccc(C(=O)Nc4ccc(F)c(Nc5ccncc5)c4)cc3)c2c1. The molecule has 0 radical (unpaired) electrons. The van der Waals surface area contributed by atoms with E-state index in [2.05, 4.69) is 32.0 Å². The molecule has 7 heteroatoms. The fourth-order valence-corrected chi connectivity index (χ4v) is 3.72. The molecular formula is C28H22FN5O. The minimum atomic E-state index is -0.422. The van der Waals surface area contributed by atoms with Gasteiger partial charge in [0.2, 0.25) is 0 Å². The van der Waals surface area contributed by atoms with Crippen molar-refractivity contribution in [1.29, 1.82) is 0 Å². The van der Waals surface area contributed by atoms with Crippen molar-refractivity contribution in [2.75, 3.05) is 16.0 Å². The molecule has 0 atom stereocenters. The van der Waals surface area contributed by atoms with Crippen LogP contribution in [-0.4, -0.2) is 15.9 Å². The van der Waals surface area contributed by atoms with Crippen molar-refractivity contribution < 1.29 is 9.18 Å². The average Bonchev–Trinajstić information content (AvgIpc) is 2.87. The zero-order chi connectivity index (χ0) is 24.2. The van der Waals surface area contributed by atoms with Crippen LogP contribution in [-0.2, 0) is 0 Å². The van der Waals surface area contributed by atoms with Gasteiger partial charge in [-0.3, -0.25) is 14.8 Å². The number of fused-ring (bicyclic) bond motifs is 1. The number of pyridine rings is 2. The molecule has 2 aromatic heterocycles. The second-order valence-electron chi connectivity index (χ2n) is 8.09. The summed E-state index contributed by atoms with van der Waals surface area (Å²) < 4.78 is 14.3. The van der Waals surface area contributed by atoms with Gasteiger partial charge in [-0.15, -0.1) is 0 Å². The molecule has 5 rings (SSSR count). The molecule has 0 spiro atoms. The summed E-state index contributed by atoms with van der Waals surface area (Å²) in [5.41, 5.74) is 5.77. The van der Waals surface area contributed by atoms with Crippen LogP contribution in [0.25, 0.3) is 10.9 Å². The summed E-state index contributed by atoms with van der Waals surface area (Å²) in [5, 5.41) is 10.2. The maximum Gasteiger partial charge on any atom is 0.255 e. The van der Waals surface area contributed by atoms with Gasteiger partial charge in [-0.05, 0) is 79.7 Å². The lowest BCUT2D eigenvalue weighted by atomic mass is 10.1. The Morgan fingerprint density at radius 2 is 1.46 bits per heavy atom. The van der Waals surface area contributed by atoms with Crippen molar-refractivity contribution in [3.05, 3.63) is 114 Å². The van der Waals surface area contributed by atoms with E-state index >= 15 is 0 Å². The number of hydrogen-bond donors (Lipinski definition) is 3. The lowest BCUT2D eigenvalue weighted by molar-refractivity contribution is 0.102. The van der Waals surface area contributed by atoms with E-state index in [0.29, 0.717) is 16.9 Å². The van der Waals surface area contributed by atoms with Gasteiger partial charge in [-0.25, -0.2) is 4.39 Å². The van der Waals surface area contributed by atoms with E-state index in [4.69, 9.17) is 0 Å². The summed E-state index contributed by atoms with van der Waals surface area (Å²) >= 11 is 0. The quantitative estimate of drug-likeness (QED) is 0.258. The zero-order valence-electron chi connectivity index (χ0n) is 18.9. The number of halogens is 1. The van der Waals surface area contributed by atoms with Gasteiger partial charge in [-0.2, -0.15) is 0 Å². The summed E-state index contributed by atoms with van der Waals surface area (Å²) in [6.07, 6.45) is 4.99. The molecule has 1 amide bonds. The van der Waals surface area contributed by atoms with Crippen LogP contribution < -0.4 is 16.0 Å². The van der Waals surface area contributed by atoms with Gasteiger partial charge in [0.15, 0.2) is 0 Å². The summed E-state index contributed by atoms with van der Waals surface area (Å²) in [6, 6.07) is 23.1.